The van der Waals surface area contributed by atoms with Crippen molar-refractivity contribution in [3.63, 3.8) is 0 Å². The van der Waals surface area contributed by atoms with Gasteiger partial charge in [0.2, 0.25) is 0 Å². The first-order valence-corrected chi connectivity index (χ1v) is 10.1. The zero-order valence-electron chi connectivity index (χ0n) is 17.6. The molecule has 8 nitrogen and oxygen atoms in total. The molecule has 2 amide bonds. The maximum Gasteiger partial charge on any atom is 0.328 e. The number of amides is 2. The van der Waals surface area contributed by atoms with Crippen molar-refractivity contribution < 1.29 is 28.6 Å². The van der Waals surface area contributed by atoms with Crippen LogP contribution in [0.25, 0.3) is 0 Å². The Hall–Kier alpha value is -3.26. The molecule has 0 saturated carbocycles. The highest BCUT2D eigenvalue weighted by Crippen LogP contribution is 2.30. The highest BCUT2D eigenvalue weighted by Gasteiger charge is 2.20. The van der Waals surface area contributed by atoms with Crippen molar-refractivity contribution in [2.45, 2.75) is 26.8 Å². The van der Waals surface area contributed by atoms with Gasteiger partial charge in [-0.15, -0.1) is 0 Å². The second kappa shape index (κ2) is 11.8. The number of hydrogen-bond donors (Lipinski definition) is 2. The number of benzene rings is 2. The van der Waals surface area contributed by atoms with Crippen LogP contribution >= 0.6 is 11.6 Å². The van der Waals surface area contributed by atoms with Crippen LogP contribution in [0.2, 0.25) is 5.02 Å². The van der Waals surface area contributed by atoms with Crippen LogP contribution < -0.4 is 20.1 Å². The zero-order valence-corrected chi connectivity index (χ0v) is 18.3. The highest BCUT2D eigenvalue weighted by atomic mass is 35.5. The summed E-state index contributed by atoms with van der Waals surface area (Å²) in [7, 11) is 0. The molecule has 31 heavy (non-hydrogen) atoms. The monoisotopic (exact) mass is 448 g/mol. The van der Waals surface area contributed by atoms with Crippen LogP contribution in [0.1, 0.15) is 31.1 Å². The first kappa shape index (κ1) is 24.0. The Morgan fingerprint density at radius 1 is 1.00 bits per heavy atom. The summed E-state index contributed by atoms with van der Waals surface area (Å²) in [6.45, 7) is 5.56. The molecule has 2 N–H and O–H groups in total. The molecule has 0 aliphatic rings. The summed E-state index contributed by atoms with van der Waals surface area (Å²) in [6, 6.07) is 10.5. The van der Waals surface area contributed by atoms with Gasteiger partial charge in [0.1, 0.15) is 6.04 Å². The van der Waals surface area contributed by atoms with Crippen LogP contribution in [-0.4, -0.2) is 43.6 Å². The molecule has 1 atom stereocenters. The molecule has 0 unspecified atom stereocenters. The Morgan fingerprint density at radius 3 is 2.35 bits per heavy atom. The maximum absolute atomic E-state index is 12.2. The Balaban J connectivity index is 1.87. The van der Waals surface area contributed by atoms with Gasteiger partial charge in [0.15, 0.2) is 18.1 Å². The van der Waals surface area contributed by atoms with E-state index in [-0.39, 0.29) is 10.6 Å². The fourth-order valence-electron chi connectivity index (χ4n) is 2.57. The average molecular weight is 449 g/mol. The minimum atomic E-state index is -0.966. The van der Waals surface area contributed by atoms with Gasteiger partial charge in [-0.05, 0) is 45.0 Å². The lowest BCUT2D eigenvalue weighted by atomic mass is 10.2. The average Bonchev–Trinajstić information content (AvgIpc) is 2.74. The zero-order chi connectivity index (χ0) is 22.8. The van der Waals surface area contributed by atoms with Crippen molar-refractivity contribution in [3.05, 3.63) is 53.1 Å². The van der Waals surface area contributed by atoms with Crippen molar-refractivity contribution in [2.24, 2.45) is 0 Å². The van der Waals surface area contributed by atoms with Gasteiger partial charge in [-0.1, -0.05) is 23.7 Å². The second-order valence-corrected chi connectivity index (χ2v) is 6.77. The van der Waals surface area contributed by atoms with Crippen LogP contribution in [0.3, 0.4) is 0 Å². The molecule has 0 spiro atoms. The fraction of sp³-hybridized carbons (Fsp3) is 0.318. The van der Waals surface area contributed by atoms with Gasteiger partial charge in [-0.25, -0.2) is 4.79 Å². The van der Waals surface area contributed by atoms with Crippen molar-refractivity contribution in [3.8, 4) is 11.5 Å². The van der Waals surface area contributed by atoms with E-state index in [1.165, 1.54) is 13.0 Å². The van der Waals surface area contributed by atoms with E-state index in [1.807, 2.05) is 13.8 Å². The van der Waals surface area contributed by atoms with Gasteiger partial charge < -0.3 is 24.8 Å². The normalized spacial score (nSPS) is 11.2. The third kappa shape index (κ3) is 7.18. The second-order valence-electron chi connectivity index (χ2n) is 6.36. The number of esters is 1. The van der Waals surface area contributed by atoms with E-state index >= 15 is 0 Å². The molecule has 2 rings (SSSR count). The van der Waals surface area contributed by atoms with E-state index < -0.39 is 30.4 Å². The van der Waals surface area contributed by atoms with E-state index in [4.69, 9.17) is 25.8 Å². The fourth-order valence-corrected chi connectivity index (χ4v) is 2.79. The number of rotatable bonds is 10. The third-order valence-corrected chi connectivity index (χ3v) is 4.32. The van der Waals surface area contributed by atoms with E-state index in [0.717, 1.165) is 0 Å². The van der Waals surface area contributed by atoms with Crippen molar-refractivity contribution in [1.82, 2.24) is 5.32 Å². The molecule has 9 heteroatoms. The lowest BCUT2D eigenvalue weighted by Gasteiger charge is -2.15. The van der Waals surface area contributed by atoms with Gasteiger partial charge in [0.25, 0.3) is 11.8 Å². The minimum Gasteiger partial charge on any atom is -0.490 e. The van der Waals surface area contributed by atoms with Crippen molar-refractivity contribution in [2.75, 3.05) is 25.1 Å². The van der Waals surface area contributed by atoms with E-state index in [0.29, 0.717) is 30.4 Å². The quantitative estimate of drug-likeness (QED) is 0.540. The number of carbonyl (C=O) groups is 3. The summed E-state index contributed by atoms with van der Waals surface area (Å²) < 4.78 is 16.0. The summed E-state index contributed by atoms with van der Waals surface area (Å²) in [5.41, 5.74) is 0.704. The minimum absolute atomic E-state index is 0.238. The maximum atomic E-state index is 12.2. The van der Waals surface area contributed by atoms with E-state index in [1.54, 1.807) is 36.4 Å². The van der Waals surface area contributed by atoms with Gasteiger partial charge in [0, 0.05) is 11.8 Å². The molecule has 0 fully saturated rings. The summed E-state index contributed by atoms with van der Waals surface area (Å²) in [5.74, 6) is -0.744. The molecule has 166 valence electrons. The van der Waals surface area contributed by atoms with Crippen LogP contribution in [0, 0.1) is 0 Å². The number of carbonyl (C=O) groups excluding carboxylic acids is 3. The van der Waals surface area contributed by atoms with Crippen LogP contribution in [-0.2, 0) is 14.3 Å². The molecule has 0 aliphatic heterocycles. The first-order chi connectivity index (χ1) is 14.8. The molecule has 0 saturated heterocycles. The largest absolute Gasteiger partial charge is 0.490 e. The number of anilines is 1. The summed E-state index contributed by atoms with van der Waals surface area (Å²) in [4.78, 5) is 36.5. The predicted octanol–water partition coefficient (Wildman–Crippen LogP) is 3.44. The molecular weight excluding hydrogens is 424 g/mol. The van der Waals surface area contributed by atoms with Crippen molar-refractivity contribution >= 4 is 35.1 Å². The van der Waals surface area contributed by atoms with Crippen molar-refractivity contribution in [1.29, 1.82) is 0 Å². The smallest absolute Gasteiger partial charge is 0.328 e. The van der Waals surface area contributed by atoms with Gasteiger partial charge in [0.05, 0.1) is 23.8 Å². The molecular formula is C22H25ClN2O6. The summed E-state index contributed by atoms with van der Waals surface area (Å²) in [5, 5.41) is 5.38. The SMILES string of the molecule is CCOc1ccc(NC(=O)COC(=O)[C@H](C)NC(=O)c2ccccc2Cl)cc1OCC. The topological polar surface area (TPSA) is 103 Å². The van der Waals surface area contributed by atoms with Gasteiger partial charge in [-0.3, -0.25) is 9.59 Å². The Kier molecular flexibility index (Phi) is 9.14. The molecule has 0 bridgehead atoms. The Bertz CT molecular complexity index is 934. The third-order valence-electron chi connectivity index (χ3n) is 3.99. The van der Waals surface area contributed by atoms with Crippen LogP contribution in [0.5, 0.6) is 11.5 Å². The highest BCUT2D eigenvalue weighted by molar-refractivity contribution is 6.33. The first-order valence-electron chi connectivity index (χ1n) is 9.77. The molecule has 0 radical (unpaired) electrons. The number of halogens is 1. The molecule has 2 aromatic carbocycles. The molecule has 0 aliphatic carbocycles. The Morgan fingerprint density at radius 2 is 1.68 bits per heavy atom. The van der Waals surface area contributed by atoms with E-state index in [2.05, 4.69) is 10.6 Å². The van der Waals surface area contributed by atoms with E-state index in [9.17, 15) is 14.4 Å². The molecule has 2 aromatic rings. The number of hydrogen-bond acceptors (Lipinski definition) is 6. The van der Waals surface area contributed by atoms with Crippen LogP contribution in [0.15, 0.2) is 42.5 Å². The molecule has 0 aromatic heterocycles. The lowest BCUT2D eigenvalue weighted by molar-refractivity contribution is -0.148. The van der Waals surface area contributed by atoms with Crippen LogP contribution in [0.4, 0.5) is 5.69 Å². The summed E-state index contributed by atoms with van der Waals surface area (Å²) >= 11 is 5.97. The van der Waals surface area contributed by atoms with Gasteiger partial charge >= 0.3 is 5.97 Å². The van der Waals surface area contributed by atoms with Gasteiger partial charge in [-0.2, -0.15) is 0 Å². The summed E-state index contributed by atoms with van der Waals surface area (Å²) in [6.07, 6.45) is 0. The number of ether oxygens (including phenoxy) is 3. The standard InChI is InChI=1S/C22H25ClN2O6/c1-4-29-18-11-10-15(12-19(18)30-5-2)25-20(26)13-31-22(28)14(3)24-21(27)16-8-6-7-9-17(16)23/h6-12,14H,4-5,13H2,1-3H3,(H,24,27)(H,25,26)/t14-/m0/s1. The Labute approximate surface area is 185 Å². The predicted molar refractivity (Wildman–Crippen MR) is 117 cm³/mol. The molecule has 0 heterocycles. The lowest BCUT2D eigenvalue weighted by Crippen LogP contribution is -2.40. The number of nitrogens with one attached hydrogen (secondary N) is 2.